The lowest BCUT2D eigenvalue weighted by molar-refractivity contribution is -0.119. The molecule has 0 atom stereocenters. The van der Waals surface area contributed by atoms with Crippen molar-refractivity contribution in [3.63, 3.8) is 0 Å². The number of aryl methyl sites for hydroxylation is 1. The molecule has 0 fully saturated rings. The molecule has 3 aromatic carbocycles. The minimum absolute atomic E-state index is 0.160. The Bertz CT molecular complexity index is 1190. The zero-order chi connectivity index (χ0) is 25.3. The molecule has 0 saturated heterocycles. The molecule has 1 amide bonds. The van der Waals surface area contributed by atoms with Gasteiger partial charge in [-0.1, -0.05) is 74.0 Å². The summed E-state index contributed by atoms with van der Waals surface area (Å²) in [6, 6.07) is 24.1. The van der Waals surface area contributed by atoms with Crippen LogP contribution in [0.15, 0.2) is 83.8 Å². The van der Waals surface area contributed by atoms with Gasteiger partial charge in [-0.25, -0.2) is 8.42 Å². The predicted octanol–water partition coefficient (Wildman–Crippen LogP) is 5.75. The van der Waals surface area contributed by atoms with Crippen molar-refractivity contribution in [3.05, 3.63) is 95.6 Å². The highest BCUT2D eigenvalue weighted by Gasteiger charge is 2.27. The van der Waals surface area contributed by atoms with E-state index in [4.69, 9.17) is 0 Å². The molecular formula is C28H34N2O3S2. The van der Waals surface area contributed by atoms with E-state index in [0.717, 1.165) is 23.5 Å². The molecule has 0 unspecified atom stereocenters. The molecule has 5 nitrogen and oxygen atoms in total. The zero-order valence-corrected chi connectivity index (χ0v) is 22.2. The maximum absolute atomic E-state index is 13.4. The minimum atomic E-state index is -3.89. The molecule has 1 N–H and O–H groups in total. The van der Waals surface area contributed by atoms with Gasteiger partial charge in [0.05, 0.1) is 10.6 Å². The lowest BCUT2D eigenvalue weighted by Gasteiger charge is -2.24. The van der Waals surface area contributed by atoms with Crippen molar-refractivity contribution >= 4 is 33.4 Å². The summed E-state index contributed by atoms with van der Waals surface area (Å²) in [4.78, 5) is 12.9. The van der Waals surface area contributed by atoms with Crippen molar-refractivity contribution in [2.75, 3.05) is 23.1 Å². The van der Waals surface area contributed by atoms with E-state index in [1.54, 1.807) is 42.5 Å². The molecule has 0 bridgehead atoms. The number of hydrogen-bond acceptors (Lipinski definition) is 4. The normalized spacial score (nSPS) is 11.4. The fourth-order valence-corrected chi connectivity index (χ4v) is 5.99. The quantitative estimate of drug-likeness (QED) is 0.315. The summed E-state index contributed by atoms with van der Waals surface area (Å²) in [5.41, 5.74) is 4.13. The van der Waals surface area contributed by atoms with Crippen LogP contribution in [-0.4, -0.2) is 33.2 Å². The van der Waals surface area contributed by atoms with Crippen molar-refractivity contribution in [1.29, 1.82) is 0 Å². The van der Waals surface area contributed by atoms with Crippen LogP contribution in [0.5, 0.6) is 0 Å². The largest absolute Gasteiger partial charge is 0.354 e. The van der Waals surface area contributed by atoms with Gasteiger partial charge in [0.2, 0.25) is 5.91 Å². The SMILES string of the molecule is Cc1cccc(CSCCCNC(=O)CN(c2ccc(C(C)C)cc2)S(=O)(=O)c2ccccc2)c1. The number of sulfonamides is 1. The van der Waals surface area contributed by atoms with Crippen LogP contribution in [0.3, 0.4) is 0 Å². The fraction of sp³-hybridized carbons (Fsp3) is 0.321. The average Bonchev–Trinajstić information content (AvgIpc) is 2.85. The van der Waals surface area contributed by atoms with Gasteiger partial charge in [-0.3, -0.25) is 9.10 Å². The Morgan fingerprint density at radius 2 is 1.69 bits per heavy atom. The Balaban J connectivity index is 1.60. The highest BCUT2D eigenvalue weighted by Crippen LogP contribution is 2.25. The second-order valence-corrected chi connectivity index (χ2v) is 11.8. The first-order chi connectivity index (χ1) is 16.8. The van der Waals surface area contributed by atoms with Crippen LogP contribution in [0, 0.1) is 6.92 Å². The number of nitrogens with zero attached hydrogens (tertiary/aromatic N) is 1. The lowest BCUT2D eigenvalue weighted by Crippen LogP contribution is -2.41. The number of thioether (sulfide) groups is 1. The lowest BCUT2D eigenvalue weighted by atomic mass is 10.0. The Morgan fingerprint density at radius 3 is 2.34 bits per heavy atom. The van der Waals surface area contributed by atoms with Gasteiger partial charge in [-0.2, -0.15) is 11.8 Å². The Labute approximate surface area is 214 Å². The van der Waals surface area contributed by atoms with Crippen LogP contribution < -0.4 is 9.62 Å². The number of benzene rings is 3. The van der Waals surface area contributed by atoms with Gasteiger partial charge in [0.1, 0.15) is 6.54 Å². The smallest absolute Gasteiger partial charge is 0.264 e. The minimum Gasteiger partial charge on any atom is -0.354 e. The third-order valence-corrected chi connectivity index (χ3v) is 8.51. The van der Waals surface area contributed by atoms with Gasteiger partial charge >= 0.3 is 0 Å². The van der Waals surface area contributed by atoms with Crippen molar-refractivity contribution < 1.29 is 13.2 Å². The predicted molar refractivity (Wildman–Crippen MR) is 146 cm³/mol. The van der Waals surface area contributed by atoms with Crippen molar-refractivity contribution in [2.24, 2.45) is 0 Å². The van der Waals surface area contributed by atoms with Crippen LogP contribution in [0.4, 0.5) is 5.69 Å². The first-order valence-electron chi connectivity index (χ1n) is 11.8. The van der Waals surface area contributed by atoms with Crippen LogP contribution in [-0.2, 0) is 20.6 Å². The summed E-state index contributed by atoms with van der Waals surface area (Å²) >= 11 is 1.82. The molecule has 186 valence electrons. The van der Waals surface area contributed by atoms with Gasteiger partial charge in [0.15, 0.2) is 0 Å². The van der Waals surface area contributed by atoms with Crippen LogP contribution in [0.2, 0.25) is 0 Å². The summed E-state index contributed by atoms with van der Waals surface area (Å²) in [5, 5.41) is 2.89. The van der Waals surface area contributed by atoms with E-state index in [2.05, 4.69) is 50.4 Å². The first-order valence-corrected chi connectivity index (χ1v) is 14.4. The molecule has 7 heteroatoms. The highest BCUT2D eigenvalue weighted by atomic mass is 32.2. The van der Waals surface area contributed by atoms with E-state index < -0.39 is 10.0 Å². The number of carbonyl (C=O) groups excluding carboxylic acids is 1. The van der Waals surface area contributed by atoms with Gasteiger partial charge in [0.25, 0.3) is 10.0 Å². The Kier molecular flexibility index (Phi) is 9.81. The molecule has 0 aromatic heterocycles. The molecule has 0 aliphatic carbocycles. The number of hydrogen-bond donors (Lipinski definition) is 1. The molecule has 0 radical (unpaired) electrons. The average molecular weight is 511 g/mol. The molecule has 0 aliphatic rings. The molecule has 3 rings (SSSR count). The van der Waals surface area contributed by atoms with Gasteiger partial charge in [0, 0.05) is 12.3 Å². The summed E-state index contributed by atoms with van der Waals surface area (Å²) in [6.45, 7) is 6.49. The summed E-state index contributed by atoms with van der Waals surface area (Å²) in [7, 11) is -3.89. The summed E-state index contributed by atoms with van der Waals surface area (Å²) in [6.07, 6.45) is 0.816. The summed E-state index contributed by atoms with van der Waals surface area (Å²) in [5.74, 6) is 1.86. The van der Waals surface area contributed by atoms with Crippen molar-refractivity contribution in [2.45, 2.75) is 43.8 Å². The molecule has 0 heterocycles. The number of nitrogens with one attached hydrogen (secondary N) is 1. The highest BCUT2D eigenvalue weighted by molar-refractivity contribution is 7.98. The first kappa shape index (κ1) is 26.8. The van der Waals surface area contributed by atoms with Gasteiger partial charge < -0.3 is 5.32 Å². The maximum Gasteiger partial charge on any atom is 0.264 e. The molecular weight excluding hydrogens is 476 g/mol. The van der Waals surface area contributed by atoms with E-state index in [0.29, 0.717) is 18.2 Å². The van der Waals surface area contributed by atoms with E-state index in [1.165, 1.54) is 15.4 Å². The van der Waals surface area contributed by atoms with E-state index >= 15 is 0 Å². The summed E-state index contributed by atoms with van der Waals surface area (Å²) < 4.78 is 28.0. The molecule has 0 aliphatic heterocycles. The van der Waals surface area contributed by atoms with E-state index in [9.17, 15) is 13.2 Å². The van der Waals surface area contributed by atoms with Gasteiger partial charge in [-0.15, -0.1) is 0 Å². The molecule has 0 saturated carbocycles. The van der Waals surface area contributed by atoms with E-state index in [-0.39, 0.29) is 17.3 Å². The van der Waals surface area contributed by atoms with E-state index in [1.807, 2.05) is 23.9 Å². The van der Waals surface area contributed by atoms with Crippen LogP contribution >= 0.6 is 11.8 Å². The number of amides is 1. The Morgan fingerprint density at radius 1 is 0.971 bits per heavy atom. The second kappa shape index (κ2) is 12.8. The third-order valence-electron chi connectivity index (χ3n) is 5.60. The van der Waals surface area contributed by atoms with Crippen LogP contribution in [0.25, 0.3) is 0 Å². The molecule has 3 aromatic rings. The van der Waals surface area contributed by atoms with Crippen molar-refractivity contribution in [3.8, 4) is 0 Å². The Hall–Kier alpha value is -2.77. The fourth-order valence-electron chi connectivity index (χ4n) is 3.64. The maximum atomic E-state index is 13.4. The number of carbonyl (C=O) groups is 1. The number of rotatable bonds is 12. The molecule has 0 spiro atoms. The standard InChI is InChI=1S/C28H34N2O3S2/c1-22(2)25-13-15-26(16-14-25)30(35(32,33)27-11-5-4-6-12-27)20-28(31)29-17-8-18-34-21-24-10-7-9-23(3)19-24/h4-7,9-16,19,22H,8,17-18,20-21H2,1-3H3,(H,29,31). The van der Waals surface area contributed by atoms with Crippen LogP contribution in [0.1, 0.15) is 42.9 Å². The van der Waals surface area contributed by atoms with Gasteiger partial charge in [-0.05, 0) is 60.4 Å². The van der Waals surface area contributed by atoms with Crippen molar-refractivity contribution in [1.82, 2.24) is 5.32 Å². The third kappa shape index (κ3) is 7.87. The molecule has 35 heavy (non-hydrogen) atoms. The topological polar surface area (TPSA) is 66.5 Å². The zero-order valence-electron chi connectivity index (χ0n) is 20.6. The number of anilines is 1. The second-order valence-electron chi connectivity index (χ2n) is 8.82. The monoisotopic (exact) mass is 510 g/mol.